The first-order chi connectivity index (χ1) is 7.98. The minimum absolute atomic E-state index is 0.0808. The van der Waals surface area contributed by atoms with Crippen molar-refractivity contribution in [3.8, 4) is 0 Å². The lowest BCUT2D eigenvalue weighted by Crippen LogP contribution is -2.48. The fraction of sp³-hybridized carbons (Fsp3) is 0.462. The maximum absolute atomic E-state index is 13.3. The van der Waals surface area contributed by atoms with Crippen LogP contribution in [0.5, 0.6) is 0 Å². The number of halogens is 2. The summed E-state index contributed by atoms with van der Waals surface area (Å²) in [5.74, 6) is -1.20. The molecule has 1 aliphatic rings. The van der Waals surface area contributed by atoms with E-state index in [2.05, 4.69) is 0 Å². The second-order valence-electron chi connectivity index (χ2n) is 4.84. The standard InChI is InChI=1S/C13H15F2NO/c14-10-2-3-12(15)9(6-10)7-11(17)8-13(16)4-1-5-13/h2-3,6H,1,4-5,7-8,16H2. The van der Waals surface area contributed by atoms with Crippen LogP contribution in [0.3, 0.4) is 0 Å². The molecule has 0 atom stereocenters. The van der Waals surface area contributed by atoms with Gasteiger partial charge in [-0.25, -0.2) is 8.78 Å². The first-order valence-corrected chi connectivity index (χ1v) is 5.73. The van der Waals surface area contributed by atoms with Crippen molar-refractivity contribution < 1.29 is 13.6 Å². The lowest BCUT2D eigenvalue weighted by molar-refractivity contribution is -0.120. The first-order valence-electron chi connectivity index (χ1n) is 5.73. The van der Waals surface area contributed by atoms with Crippen LogP contribution in [0.4, 0.5) is 8.78 Å². The maximum atomic E-state index is 13.3. The topological polar surface area (TPSA) is 43.1 Å². The Hall–Kier alpha value is -1.29. The molecule has 0 unspecified atom stereocenters. The van der Waals surface area contributed by atoms with Crippen molar-refractivity contribution in [3.63, 3.8) is 0 Å². The number of carbonyl (C=O) groups excluding carboxylic acids is 1. The number of ketones is 1. The number of Topliss-reactive ketones (excluding diaryl/α,β-unsaturated/α-hetero) is 1. The Kier molecular flexibility index (Phi) is 3.24. The molecule has 0 radical (unpaired) electrons. The number of rotatable bonds is 4. The minimum atomic E-state index is -0.542. The third kappa shape index (κ3) is 2.88. The number of hydrogen-bond acceptors (Lipinski definition) is 2. The largest absolute Gasteiger partial charge is 0.325 e. The van der Waals surface area contributed by atoms with Gasteiger partial charge in [-0.15, -0.1) is 0 Å². The molecule has 1 saturated carbocycles. The Balaban J connectivity index is 2.00. The predicted octanol–water partition coefficient (Wildman–Crippen LogP) is 2.35. The Bertz CT molecular complexity index is 441. The summed E-state index contributed by atoms with van der Waals surface area (Å²) in [4.78, 5) is 11.7. The first kappa shape index (κ1) is 12.2. The van der Waals surface area contributed by atoms with Crippen molar-refractivity contribution in [1.82, 2.24) is 0 Å². The van der Waals surface area contributed by atoms with Crippen molar-refractivity contribution in [3.05, 3.63) is 35.4 Å². The molecular weight excluding hydrogens is 224 g/mol. The summed E-state index contributed by atoms with van der Waals surface area (Å²) in [6.45, 7) is 0. The molecule has 2 N–H and O–H groups in total. The van der Waals surface area contributed by atoms with Gasteiger partial charge in [0.15, 0.2) is 0 Å². The van der Waals surface area contributed by atoms with Gasteiger partial charge in [-0.3, -0.25) is 4.79 Å². The highest BCUT2D eigenvalue weighted by Gasteiger charge is 2.34. The molecule has 0 aromatic heterocycles. The average Bonchev–Trinajstić information content (AvgIpc) is 2.21. The van der Waals surface area contributed by atoms with Crippen LogP contribution >= 0.6 is 0 Å². The number of benzene rings is 1. The molecule has 1 aliphatic carbocycles. The summed E-state index contributed by atoms with van der Waals surface area (Å²) in [6.07, 6.45) is 2.89. The van der Waals surface area contributed by atoms with Gasteiger partial charge in [0.25, 0.3) is 0 Å². The van der Waals surface area contributed by atoms with Crippen LogP contribution in [0, 0.1) is 11.6 Å². The third-order valence-electron chi connectivity index (χ3n) is 3.29. The average molecular weight is 239 g/mol. The van der Waals surface area contributed by atoms with Gasteiger partial charge in [-0.2, -0.15) is 0 Å². The SMILES string of the molecule is NC1(CC(=O)Cc2cc(F)ccc2F)CCC1. The van der Waals surface area contributed by atoms with Crippen molar-refractivity contribution in [2.24, 2.45) is 5.73 Å². The van der Waals surface area contributed by atoms with E-state index in [4.69, 9.17) is 5.73 Å². The fourth-order valence-electron chi connectivity index (χ4n) is 2.15. The van der Waals surface area contributed by atoms with Crippen LogP contribution in [-0.2, 0) is 11.2 Å². The van der Waals surface area contributed by atoms with Crippen LogP contribution in [0.1, 0.15) is 31.2 Å². The molecule has 2 rings (SSSR count). The van der Waals surface area contributed by atoms with Gasteiger partial charge < -0.3 is 5.73 Å². The van der Waals surface area contributed by atoms with Crippen molar-refractivity contribution in [2.45, 2.75) is 37.6 Å². The van der Waals surface area contributed by atoms with E-state index < -0.39 is 17.2 Å². The molecule has 0 bridgehead atoms. The van der Waals surface area contributed by atoms with Crippen LogP contribution in [-0.4, -0.2) is 11.3 Å². The Morgan fingerprint density at radius 3 is 2.65 bits per heavy atom. The molecule has 1 aromatic rings. The Morgan fingerprint density at radius 2 is 2.06 bits per heavy atom. The number of nitrogens with two attached hydrogens (primary N) is 1. The van der Waals surface area contributed by atoms with Gasteiger partial charge in [-0.1, -0.05) is 0 Å². The molecule has 1 fully saturated rings. The zero-order valence-corrected chi connectivity index (χ0v) is 9.51. The summed E-state index contributed by atoms with van der Waals surface area (Å²) in [7, 11) is 0. The zero-order chi connectivity index (χ0) is 12.5. The molecule has 0 spiro atoms. The summed E-state index contributed by atoms with van der Waals surface area (Å²) >= 11 is 0. The maximum Gasteiger partial charge on any atom is 0.139 e. The quantitative estimate of drug-likeness (QED) is 0.876. The van der Waals surface area contributed by atoms with Crippen LogP contribution in [0.25, 0.3) is 0 Å². The summed E-state index contributed by atoms with van der Waals surface area (Å²) in [6, 6.07) is 3.15. The van der Waals surface area contributed by atoms with Crippen molar-refractivity contribution in [2.75, 3.05) is 0 Å². The summed E-state index contributed by atoms with van der Waals surface area (Å²) < 4.78 is 26.2. The lowest BCUT2D eigenvalue weighted by atomic mass is 9.74. The normalized spacial score (nSPS) is 17.6. The van der Waals surface area contributed by atoms with E-state index in [9.17, 15) is 13.6 Å². The predicted molar refractivity (Wildman–Crippen MR) is 60.5 cm³/mol. The van der Waals surface area contributed by atoms with E-state index in [1.165, 1.54) is 0 Å². The molecular formula is C13H15F2NO. The third-order valence-corrected chi connectivity index (χ3v) is 3.29. The molecule has 0 amide bonds. The second kappa shape index (κ2) is 4.53. The molecule has 0 saturated heterocycles. The van der Waals surface area contributed by atoms with Gasteiger partial charge >= 0.3 is 0 Å². The number of hydrogen-bond donors (Lipinski definition) is 1. The van der Waals surface area contributed by atoms with E-state index in [0.29, 0.717) is 0 Å². The smallest absolute Gasteiger partial charge is 0.139 e. The monoisotopic (exact) mass is 239 g/mol. The van der Waals surface area contributed by atoms with E-state index in [0.717, 1.165) is 37.5 Å². The molecule has 1 aromatic carbocycles. The molecule has 17 heavy (non-hydrogen) atoms. The van der Waals surface area contributed by atoms with E-state index in [-0.39, 0.29) is 24.2 Å². The van der Waals surface area contributed by atoms with Crippen LogP contribution in [0.15, 0.2) is 18.2 Å². The van der Waals surface area contributed by atoms with E-state index >= 15 is 0 Å². The molecule has 0 heterocycles. The van der Waals surface area contributed by atoms with Gasteiger partial charge in [0.05, 0.1) is 0 Å². The highest BCUT2D eigenvalue weighted by molar-refractivity contribution is 5.82. The minimum Gasteiger partial charge on any atom is -0.325 e. The molecule has 92 valence electrons. The second-order valence-corrected chi connectivity index (χ2v) is 4.84. The van der Waals surface area contributed by atoms with E-state index in [1.54, 1.807) is 0 Å². The van der Waals surface area contributed by atoms with Gasteiger partial charge in [0.1, 0.15) is 17.4 Å². The molecule has 2 nitrogen and oxygen atoms in total. The number of carbonyl (C=O) groups is 1. The van der Waals surface area contributed by atoms with Gasteiger partial charge in [0.2, 0.25) is 0 Å². The van der Waals surface area contributed by atoms with Gasteiger partial charge in [0, 0.05) is 18.4 Å². The van der Waals surface area contributed by atoms with Crippen molar-refractivity contribution in [1.29, 1.82) is 0 Å². The van der Waals surface area contributed by atoms with Crippen LogP contribution < -0.4 is 5.73 Å². The van der Waals surface area contributed by atoms with Gasteiger partial charge in [-0.05, 0) is 43.0 Å². The molecule has 4 heteroatoms. The van der Waals surface area contributed by atoms with Crippen LogP contribution in [0.2, 0.25) is 0 Å². The Labute approximate surface area is 98.8 Å². The highest BCUT2D eigenvalue weighted by atomic mass is 19.1. The van der Waals surface area contributed by atoms with Crippen molar-refractivity contribution >= 4 is 5.78 Å². The lowest BCUT2D eigenvalue weighted by Gasteiger charge is -2.37. The highest BCUT2D eigenvalue weighted by Crippen LogP contribution is 2.32. The fourth-order valence-corrected chi connectivity index (χ4v) is 2.15. The zero-order valence-electron chi connectivity index (χ0n) is 9.51. The Morgan fingerprint density at radius 1 is 1.35 bits per heavy atom. The summed E-state index contributed by atoms with van der Waals surface area (Å²) in [5.41, 5.74) is 5.64. The summed E-state index contributed by atoms with van der Waals surface area (Å²) in [5, 5.41) is 0. The molecule has 0 aliphatic heterocycles. The van der Waals surface area contributed by atoms with E-state index in [1.807, 2.05) is 0 Å².